The molecule has 132 valence electrons. The number of hydrogen-bond acceptors (Lipinski definition) is 4. The maximum Gasteiger partial charge on any atom is 0.254 e. The Labute approximate surface area is 152 Å². The molecular weight excluding hydrogens is 336 g/mol. The van der Waals surface area contributed by atoms with E-state index < -0.39 is 5.91 Å². The van der Waals surface area contributed by atoms with Crippen molar-refractivity contribution < 1.29 is 14.3 Å². The van der Waals surface area contributed by atoms with E-state index in [1.54, 1.807) is 24.1 Å². The standard InChI is InChI=1S/C19H22N2O3S/c1-14-7-9-15(10-8-14)24-12-11-21(2)19(23)16-5-3-4-6-17(16)25-13-18(20)22/h3-10H,11-13H2,1-2H3,(H2,20,22). The number of likely N-dealkylation sites (N-methyl/N-ethyl adjacent to an activating group) is 1. The first-order chi connectivity index (χ1) is 12.0. The van der Waals surface area contributed by atoms with Crippen LogP contribution in [0.3, 0.4) is 0 Å². The Hall–Kier alpha value is -2.47. The average molecular weight is 358 g/mol. The monoisotopic (exact) mass is 358 g/mol. The number of benzene rings is 2. The van der Waals surface area contributed by atoms with E-state index in [2.05, 4.69) is 0 Å². The van der Waals surface area contributed by atoms with Gasteiger partial charge in [-0.15, -0.1) is 11.8 Å². The number of rotatable bonds is 8. The molecule has 2 rings (SSSR count). The summed E-state index contributed by atoms with van der Waals surface area (Å²) < 4.78 is 5.67. The van der Waals surface area contributed by atoms with Crippen molar-refractivity contribution in [1.29, 1.82) is 0 Å². The van der Waals surface area contributed by atoms with E-state index in [1.807, 2.05) is 43.3 Å². The van der Waals surface area contributed by atoms with Crippen LogP contribution in [0.2, 0.25) is 0 Å². The largest absolute Gasteiger partial charge is 0.492 e. The summed E-state index contributed by atoms with van der Waals surface area (Å²) >= 11 is 1.27. The van der Waals surface area contributed by atoms with Crippen molar-refractivity contribution in [3.8, 4) is 5.75 Å². The molecule has 2 amide bonds. The quantitative estimate of drug-likeness (QED) is 0.737. The van der Waals surface area contributed by atoms with E-state index in [9.17, 15) is 9.59 Å². The number of thioether (sulfide) groups is 1. The van der Waals surface area contributed by atoms with Gasteiger partial charge in [0, 0.05) is 11.9 Å². The SMILES string of the molecule is Cc1ccc(OCCN(C)C(=O)c2ccccc2SCC(N)=O)cc1. The third-order valence-corrected chi connectivity index (χ3v) is 4.65. The van der Waals surface area contributed by atoms with Gasteiger partial charge in [0.15, 0.2) is 0 Å². The fraction of sp³-hybridized carbons (Fsp3) is 0.263. The van der Waals surface area contributed by atoms with Crippen LogP contribution in [0.25, 0.3) is 0 Å². The minimum absolute atomic E-state index is 0.111. The van der Waals surface area contributed by atoms with Gasteiger partial charge in [-0.2, -0.15) is 0 Å². The Morgan fingerprint density at radius 2 is 1.80 bits per heavy atom. The first-order valence-corrected chi connectivity index (χ1v) is 8.91. The number of amides is 2. The Bertz CT molecular complexity index is 732. The van der Waals surface area contributed by atoms with Crippen molar-refractivity contribution >= 4 is 23.6 Å². The molecule has 0 spiro atoms. The highest BCUT2D eigenvalue weighted by Gasteiger charge is 2.16. The van der Waals surface area contributed by atoms with Crippen molar-refractivity contribution in [3.63, 3.8) is 0 Å². The normalized spacial score (nSPS) is 10.3. The summed E-state index contributed by atoms with van der Waals surface area (Å²) in [5.74, 6) is 0.404. The first-order valence-electron chi connectivity index (χ1n) is 7.92. The molecule has 5 nitrogen and oxygen atoms in total. The fourth-order valence-electron chi connectivity index (χ4n) is 2.16. The van der Waals surface area contributed by atoms with Gasteiger partial charge in [0.05, 0.1) is 17.9 Å². The van der Waals surface area contributed by atoms with Crippen LogP contribution >= 0.6 is 11.8 Å². The molecule has 0 radical (unpaired) electrons. The summed E-state index contributed by atoms with van der Waals surface area (Å²) in [7, 11) is 1.73. The van der Waals surface area contributed by atoms with Gasteiger partial charge >= 0.3 is 0 Å². The van der Waals surface area contributed by atoms with E-state index in [-0.39, 0.29) is 11.7 Å². The highest BCUT2D eigenvalue weighted by atomic mass is 32.2. The molecule has 25 heavy (non-hydrogen) atoms. The van der Waals surface area contributed by atoms with Crippen molar-refractivity contribution in [2.45, 2.75) is 11.8 Å². The van der Waals surface area contributed by atoms with Crippen molar-refractivity contribution in [2.24, 2.45) is 5.73 Å². The van der Waals surface area contributed by atoms with Gasteiger partial charge in [-0.1, -0.05) is 29.8 Å². The molecule has 0 saturated carbocycles. The van der Waals surface area contributed by atoms with Gasteiger partial charge in [-0.25, -0.2) is 0 Å². The van der Waals surface area contributed by atoms with Crippen molar-refractivity contribution in [1.82, 2.24) is 4.90 Å². The minimum Gasteiger partial charge on any atom is -0.492 e. The number of nitrogens with two attached hydrogens (primary N) is 1. The first kappa shape index (κ1) is 18.9. The van der Waals surface area contributed by atoms with Crippen LogP contribution in [-0.4, -0.2) is 42.7 Å². The van der Waals surface area contributed by atoms with E-state index in [1.165, 1.54) is 17.3 Å². The molecule has 0 saturated heterocycles. The van der Waals surface area contributed by atoms with Gasteiger partial charge in [0.2, 0.25) is 5.91 Å². The third-order valence-electron chi connectivity index (χ3n) is 3.55. The zero-order valence-electron chi connectivity index (χ0n) is 14.4. The predicted octanol–water partition coefficient (Wildman–Crippen LogP) is 2.72. The van der Waals surface area contributed by atoms with E-state index in [0.717, 1.165) is 10.6 Å². The molecule has 2 aromatic carbocycles. The lowest BCUT2D eigenvalue weighted by Gasteiger charge is -2.19. The zero-order valence-corrected chi connectivity index (χ0v) is 15.2. The lowest BCUT2D eigenvalue weighted by atomic mass is 10.2. The van der Waals surface area contributed by atoms with Gasteiger partial charge < -0.3 is 15.4 Å². The molecule has 0 aliphatic carbocycles. The topological polar surface area (TPSA) is 72.6 Å². The third kappa shape index (κ3) is 5.83. The van der Waals surface area contributed by atoms with Crippen LogP contribution in [0.4, 0.5) is 0 Å². The van der Waals surface area contributed by atoms with Crippen LogP contribution < -0.4 is 10.5 Å². The number of aryl methyl sites for hydroxylation is 1. The second-order valence-electron chi connectivity index (χ2n) is 5.64. The number of carbonyl (C=O) groups excluding carboxylic acids is 2. The zero-order chi connectivity index (χ0) is 18.2. The van der Waals surface area contributed by atoms with Gasteiger partial charge in [-0.05, 0) is 31.2 Å². The van der Waals surface area contributed by atoms with Crippen molar-refractivity contribution in [2.75, 3.05) is 26.0 Å². The number of hydrogen-bond donors (Lipinski definition) is 1. The van der Waals surface area contributed by atoms with Crippen LogP contribution in [0.15, 0.2) is 53.4 Å². The molecule has 0 aliphatic heterocycles. The number of nitrogens with zero attached hydrogens (tertiary/aromatic N) is 1. The van der Waals surface area contributed by atoms with Crippen LogP contribution in [0.1, 0.15) is 15.9 Å². The van der Waals surface area contributed by atoms with Gasteiger partial charge in [0.1, 0.15) is 12.4 Å². The summed E-state index contributed by atoms with van der Waals surface area (Å²) in [5.41, 5.74) is 6.92. The summed E-state index contributed by atoms with van der Waals surface area (Å²) in [6.45, 7) is 2.88. The van der Waals surface area contributed by atoms with Crippen LogP contribution in [0, 0.1) is 6.92 Å². The van der Waals surface area contributed by atoms with Crippen LogP contribution in [-0.2, 0) is 4.79 Å². The van der Waals surface area contributed by atoms with Gasteiger partial charge in [-0.3, -0.25) is 9.59 Å². The Kier molecular flexibility index (Phi) is 6.89. The maximum absolute atomic E-state index is 12.6. The average Bonchev–Trinajstić information content (AvgIpc) is 2.61. The van der Waals surface area contributed by atoms with Gasteiger partial charge in [0.25, 0.3) is 5.91 Å². The number of carbonyl (C=O) groups is 2. The molecule has 0 aliphatic rings. The second kappa shape index (κ2) is 9.13. The summed E-state index contributed by atoms with van der Waals surface area (Å²) in [6.07, 6.45) is 0. The lowest BCUT2D eigenvalue weighted by molar-refractivity contribution is -0.115. The lowest BCUT2D eigenvalue weighted by Crippen LogP contribution is -2.31. The minimum atomic E-state index is -0.410. The second-order valence-corrected chi connectivity index (χ2v) is 6.66. The molecule has 0 aromatic heterocycles. The predicted molar refractivity (Wildman–Crippen MR) is 100.0 cm³/mol. The van der Waals surface area contributed by atoms with Crippen molar-refractivity contribution in [3.05, 3.63) is 59.7 Å². The number of primary amides is 1. The molecule has 0 fully saturated rings. The molecule has 2 N–H and O–H groups in total. The highest BCUT2D eigenvalue weighted by molar-refractivity contribution is 8.00. The highest BCUT2D eigenvalue weighted by Crippen LogP contribution is 2.23. The molecular formula is C19H22N2O3S. The van der Waals surface area contributed by atoms with Crippen LogP contribution in [0.5, 0.6) is 5.75 Å². The summed E-state index contributed by atoms with van der Waals surface area (Å²) in [5, 5.41) is 0. The number of ether oxygens (including phenoxy) is 1. The van der Waals surface area contributed by atoms with E-state index >= 15 is 0 Å². The smallest absolute Gasteiger partial charge is 0.254 e. The maximum atomic E-state index is 12.6. The van der Waals surface area contributed by atoms with E-state index in [0.29, 0.717) is 18.7 Å². The Morgan fingerprint density at radius 1 is 1.12 bits per heavy atom. The molecule has 2 aromatic rings. The molecule has 0 unspecified atom stereocenters. The molecule has 0 atom stereocenters. The summed E-state index contributed by atoms with van der Waals surface area (Å²) in [6, 6.07) is 15.0. The Balaban J connectivity index is 1.93. The molecule has 0 heterocycles. The summed E-state index contributed by atoms with van der Waals surface area (Å²) in [4.78, 5) is 26.0. The van der Waals surface area contributed by atoms with E-state index in [4.69, 9.17) is 10.5 Å². The fourth-order valence-corrected chi connectivity index (χ4v) is 2.94. The molecule has 0 bridgehead atoms. The Morgan fingerprint density at radius 3 is 2.48 bits per heavy atom. The molecule has 6 heteroatoms.